The van der Waals surface area contributed by atoms with Gasteiger partial charge in [-0.3, -0.25) is 0 Å². The van der Waals surface area contributed by atoms with Crippen LogP contribution in [0.1, 0.15) is 0 Å². The third kappa shape index (κ3) is 44000. The third-order valence-electron chi connectivity index (χ3n) is 0. The first-order valence-electron chi connectivity index (χ1n) is 1.43. The van der Waals surface area contributed by atoms with Crippen LogP contribution in [0, 0.1) is 0 Å². The Morgan fingerprint density at radius 2 is 0.579 bits per heavy atom. The van der Waals surface area contributed by atoms with Gasteiger partial charge in [-0.15, -0.1) is 0 Å². The Labute approximate surface area is 115 Å². The van der Waals surface area contributed by atoms with E-state index in [1.165, 1.54) is 0 Å². The van der Waals surface area contributed by atoms with Crippen molar-refractivity contribution >= 4 is 15.8 Å². The molecule has 0 fully saturated rings. The standard InChI is InChI=1S/2FH2O3P.2H3N.Ni.6H2O/c2*1-5(2,3)4;;;;;;;;;/h2*(H2,2,3,4);2*1H3;;6*1H2/q;;;;+2;;;;;;/p+4. The molecule has 0 bridgehead atoms. The van der Waals surface area contributed by atoms with Gasteiger partial charge in [-0.05, 0) is 0 Å². The summed E-state index contributed by atoms with van der Waals surface area (Å²) in [4.78, 5) is 33.8. The van der Waals surface area contributed by atoms with Gasteiger partial charge in [0.15, 0.2) is 0 Å². The molecule has 0 saturated heterocycles. The normalized spacial score (nSPS) is 6.21. The zero-order chi connectivity index (χ0) is 9.00. The van der Waals surface area contributed by atoms with E-state index in [0.717, 1.165) is 0 Å². The molecule has 14 nitrogen and oxygen atoms in total. The van der Waals surface area contributed by atoms with E-state index in [4.69, 9.17) is 28.7 Å². The number of rotatable bonds is 0. The van der Waals surface area contributed by atoms with Crippen LogP contribution >= 0.6 is 15.8 Å². The second-order valence-corrected chi connectivity index (χ2v) is 2.58. The zero-order valence-electron chi connectivity index (χ0n) is 9.88. The van der Waals surface area contributed by atoms with E-state index < -0.39 is 15.8 Å². The molecule has 19 heavy (non-hydrogen) atoms. The van der Waals surface area contributed by atoms with Crippen molar-refractivity contribution in [3.8, 4) is 0 Å². The molecule has 0 unspecified atom stereocenters. The van der Waals surface area contributed by atoms with E-state index >= 15 is 0 Å². The van der Waals surface area contributed by atoms with Gasteiger partial charge in [0.2, 0.25) is 0 Å². The molecule has 0 aromatic heterocycles. The summed E-state index contributed by atoms with van der Waals surface area (Å²) in [6.45, 7) is 0. The summed E-state index contributed by atoms with van der Waals surface area (Å²) in [6.07, 6.45) is 0. The molecule has 0 rings (SSSR count). The Kier molecular flexibility index (Phi) is 178. The van der Waals surface area contributed by atoms with Crippen molar-refractivity contribution in [3.63, 3.8) is 0 Å². The topological polar surface area (TPSA) is 397 Å². The second-order valence-electron chi connectivity index (χ2n) is 0.861. The minimum atomic E-state index is -5.64. The Bertz CT molecular complexity index is 144. The predicted octanol–water partition coefficient (Wildman–Crippen LogP) is -7.21. The fraction of sp³-hybridized carbons (Fsp3) is 0. The maximum Gasteiger partial charge on any atom is 2.00 e. The largest absolute Gasteiger partial charge is 2.00 e. The number of quaternary nitrogens is 2. The fourth-order valence-electron chi connectivity index (χ4n) is 0. The van der Waals surface area contributed by atoms with Crippen LogP contribution < -0.4 is 31.9 Å². The molecule has 0 aliphatic rings. The predicted molar refractivity (Wildman–Crippen MR) is 58.6 cm³/mol. The quantitative estimate of drug-likeness (QED) is 0.224. The SMILES string of the molecule is O=P([O-])([O-])F.O=P([O-])([O-])F.[NH4+].[NH4+].[Ni+2].[OH3+].[OH3+].[OH3+].[OH3+].[OH3+].[OH3+]. The summed E-state index contributed by atoms with van der Waals surface area (Å²) >= 11 is 0. The molecule has 0 amide bonds. The first-order chi connectivity index (χ1) is 4.00. The molecule has 0 saturated carbocycles. The van der Waals surface area contributed by atoms with Crippen molar-refractivity contribution < 1.29 is 86.4 Å². The minimum absolute atomic E-state index is 0. The summed E-state index contributed by atoms with van der Waals surface area (Å²) < 4.78 is 37.1. The van der Waals surface area contributed by atoms with Crippen LogP contribution in [-0.2, 0) is 58.5 Å². The van der Waals surface area contributed by atoms with Crippen molar-refractivity contribution in [2.24, 2.45) is 0 Å². The maximum absolute atomic E-state index is 10.1. The molecule has 0 atom stereocenters. The van der Waals surface area contributed by atoms with Gasteiger partial charge in [0.05, 0.1) is 0 Å². The van der Waals surface area contributed by atoms with E-state index in [0.29, 0.717) is 0 Å². The Morgan fingerprint density at radius 3 is 0.579 bits per heavy atom. The van der Waals surface area contributed by atoms with Crippen LogP contribution in [0.4, 0.5) is 8.39 Å². The summed E-state index contributed by atoms with van der Waals surface area (Å²) in [5.74, 6) is 0. The molecule has 0 radical (unpaired) electrons. The summed E-state index contributed by atoms with van der Waals surface area (Å²) in [5.41, 5.74) is 0. The molecule has 0 aromatic rings. The van der Waals surface area contributed by atoms with Gasteiger partial charge in [-0.1, -0.05) is 0 Å². The van der Waals surface area contributed by atoms with Gasteiger partial charge < -0.3 is 73.9 Å². The van der Waals surface area contributed by atoms with Crippen molar-refractivity contribution in [2.45, 2.75) is 0 Å². The van der Waals surface area contributed by atoms with Crippen LogP contribution in [0.5, 0.6) is 0 Å². The molecule has 0 aliphatic heterocycles. The minimum Gasteiger partial charge on any atom is -0.786 e. The van der Waals surface area contributed by atoms with Gasteiger partial charge in [-0.2, -0.15) is 0 Å². The second kappa shape index (κ2) is 36.2. The molecule has 0 aliphatic carbocycles. The van der Waals surface area contributed by atoms with Crippen molar-refractivity contribution in [1.29, 1.82) is 0 Å². The number of halogens is 2. The van der Waals surface area contributed by atoms with Crippen LogP contribution in [-0.4, -0.2) is 0 Å². The first-order valence-corrected chi connectivity index (χ1v) is 4.30. The Morgan fingerprint density at radius 1 is 0.579 bits per heavy atom. The molecule has 19 heteroatoms. The number of hydrogen-bond donors (Lipinski definition) is 2. The molecular formula is H26F2N2NiO12P2+6. The molecule has 0 aromatic carbocycles. The Balaban J connectivity index is -0.00000000508. The van der Waals surface area contributed by atoms with E-state index in [-0.39, 0.29) is 61.6 Å². The van der Waals surface area contributed by atoms with E-state index in [9.17, 15) is 8.39 Å². The van der Waals surface area contributed by atoms with Gasteiger partial charge >= 0.3 is 16.5 Å². The van der Waals surface area contributed by atoms with Crippen LogP contribution in [0.15, 0.2) is 0 Å². The average Bonchev–Trinajstić information content (AvgIpc) is 1.12. The van der Waals surface area contributed by atoms with E-state index in [2.05, 4.69) is 0 Å². The molecule has 0 heterocycles. The summed E-state index contributed by atoms with van der Waals surface area (Å²) in [7, 11) is -11.3. The van der Waals surface area contributed by atoms with Gasteiger partial charge in [0, 0.05) is 0 Å². The fourth-order valence-corrected chi connectivity index (χ4v) is 0. The molecule has 0 spiro atoms. The molecule has 26 N–H and O–H groups in total. The first kappa shape index (κ1) is 93.6. The van der Waals surface area contributed by atoms with Crippen molar-refractivity contribution in [1.82, 2.24) is 12.3 Å². The van der Waals surface area contributed by atoms with Gasteiger partial charge in [0.1, 0.15) is 15.8 Å². The molecule has 136 valence electrons. The van der Waals surface area contributed by atoms with E-state index in [1.807, 2.05) is 0 Å². The zero-order valence-corrected chi connectivity index (χ0v) is 12.7. The third-order valence-corrected chi connectivity index (χ3v) is 0. The molecular weight excluding hydrogens is 379 g/mol. The van der Waals surface area contributed by atoms with Crippen LogP contribution in [0.25, 0.3) is 0 Å². The monoisotopic (exact) mass is 404 g/mol. The van der Waals surface area contributed by atoms with Gasteiger partial charge in [0.25, 0.3) is 0 Å². The van der Waals surface area contributed by atoms with Crippen molar-refractivity contribution in [3.05, 3.63) is 0 Å². The van der Waals surface area contributed by atoms with Crippen LogP contribution in [0.3, 0.4) is 0 Å². The smallest absolute Gasteiger partial charge is 0.786 e. The van der Waals surface area contributed by atoms with Crippen molar-refractivity contribution in [2.75, 3.05) is 0 Å². The average molecular weight is 405 g/mol. The Hall–Kier alpha value is 0.334. The number of hydrogen-bond acceptors (Lipinski definition) is 6. The van der Waals surface area contributed by atoms with Gasteiger partial charge in [-0.25, -0.2) is 8.39 Å². The maximum atomic E-state index is 10.1. The van der Waals surface area contributed by atoms with Crippen LogP contribution in [0.2, 0.25) is 0 Å². The van der Waals surface area contributed by atoms with E-state index in [1.54, 1.807) is 0 Å². The summed E-state index contributed by atoms with van der Waals surface area (Å²) in [5, 5.41) is 0. The summed E-state index contributed by atoms with van der Waals surface area (Å²) in [6, 6.07) is 0.